The molecule has 0 bridgehead atoms. The van der Waals surface area contributed by atoms with Crippen molar-refractivity contribution in [2.75, 3.05) is 40.8 Å². The second kappa shape index (κ2) is 10.4. The quantitative estimate of drug-likeness (QED) is 0.387. The standard InChI is InChI=1S/C19H30N6S.HI/c1-15-5-8-24(12-18(15)25-9-7-21-14-25)19(20-2)22-11-17(23(3)4)16-6-10-26-13-16;/h6-7,9-10,13-15,17-18H,5,8,11-12H2,1-4H3,(H,20,22);1H. The van der Waals surface area contributed by atoms with Gasteiger partial charge in [0.2, 0.25) is 0 Å². The first-order valence-electron chi connectivity index (χ1n) is 9.21. The van der Waals surface area contributed by atoms with Crippen LogP contribution in [-0.2, 0) is 0 Å². The average Bonchev–Trinajstić information content (AvgIpc) is 3.33. The maximum atomic E-state index is 4.56. The van der Waals surface area contributed by atoms with E-state index in [1.54, 1.807) is 11.3 Å². The zero-order valence-corrected chi connectivity index (χ0v) is 19.7. The van der Waals surface area contributed by atoms with Crippen molar-refractivity contribution in [2.24, 2.45) is 10.9 Å². The van der Waals surface area contributed by atoms with Crippen LogP contribution in [0.4, 0.5) is 0 Å². The highest BCUT2D eigenvalue weighted by molar-refractivity contribution is 14.0. The van der Waals surface area contributed by atoms with Crippen molar-refractivity contribution in [3.05, 3.63) is 41.1 Å². The van der Waals surface area contributed by atoms with Gasteiger partial charge in [-0.05, 0) is 48.8 Å². The summed E-state index contributed by atoms with van der Waals surface area (Å²) < 4.78 is 2.23. The van der Waals surface area contributed by atoms with Crippen LogP contribution in [0.3, 0.4) is 0 Å². The van der Waals surface area contributed by atoms with Crippen molar-refractivity contribution in [1.82, 2.24) is 24.7 Å². The number of piperidine rings is 1. The molecular weight excluding hydrogens is 471 g/mol. The Balaban J connectivity index is 0.00000261. The highest BCUT2D eigenvalue weighted by Gasteiger charge is 2.29. The summed E-state index contributed by atoms with van der Waals surface area (Å²) in [5, 5.41) is 7.97. The minimum absolute atomic E-state index is 0. The predicted octanol–water partition coefficient (Wildman–Crippen LogP) is 3.32. The maximum absolute atomic E-state index is 4.56. The summed E-state index contributed by atoms with van der Waals surface area (Å²) in [6, 6.07) is 2.98. The SMILES string of the molecule is CN=C(NCC(c1ccsc1)N(C)C)N1CCC(C)C(n2ccnc2)C1.I. The Morgan fingerprint density at radius 3 is 2.89 bits per heavy atom. The van der Waals surface area contributed by atoms with E-state index in [1.807, 2.05) is 19.6 Å². The Morgan fingerprint density at radius 1 is 1.48 bits per heavy atom. The second-order valence-electron chi connectivity index (χ2n) is 7.25. The van der Waals surface area contributed by atoms with E-state index in [-0.39, 0.29) is 24.0 Å². The normalized spacial score (nSPS) is 21.8. The number of nitrogens with one attached hydrogen (secondary N) is 1. The van der Waals surface area contributed by atoms with Crippen LogP contribution < -0.4 is 5.32 Å². The molecule has 0 radical (unpaired) electrons. The largest absolute Gasteiger partial charge is 0.354 e. The Morgan fingerprint density at radius 2 is 2.30 bits per heavy atom. The number of rotatable bonds is 5. The average molecular weight is 502 g/mol. The van der Waals surface area contributed by atoms with Crippen molar-refractivity contribution in [3.63, 3.8) is 0 Å². The Bertz CT molecular complexity index is 685. The lowest BCUT2D eigenvalue weighted by atomic mass is 9.93. The first-order valence-corrected chi connectivity index (χ1v) is 10.2. The summed E-state index contributed by atoms with van der Waals surface area (Å²) >= 11 is 1.75. The summed E-state index contributed by atoms with van der Waals surface area (Å²) in [5.41, 5.74) is 1.35. The Labute approximate surface area is 183 Å². The van der Waals surface area contributed by atoms with Gasteiger partial charge in [-0.2, -0.15) is 11.3 Å². The van der Waals surface area contributed by atoms with Crippen molar-refractivity contribution >= 4 is 41.3 Å². The molecule has 8 heteroatoms. The van der Waals surface area contributed by atoms with E-state index in [0.717, 1.165) is 32.0 Å². The molecule has 1 saturated heterocycles. The van der Waals surface area contributed by atoms with E-state index in [1.165, 1.54) is 5.56 Å². The van der Waals surface area contributed by atoms with Crippen LogP contribution in [0, 0.1) is 5.92 Å². The topological polar surface area (TPSA) is 48.7 Å². The fraction of sp³-hybridized carbons (Fsp3) is 0.579. The molecule has 3 unspecified atom stereocenters. The summed E-state index contributed by atoms with van der Waals surface area (Å²) in [5.74, 6) is 1.63. The molecule has 2 aromatic heterocycles. The summed E-state index contributed by atoms with van der Waals surface area (Å²) in [6.07, 6.45) is 7.02. The van der Waals surface area contributed by atoms with Gasteiger partial charge < -0.3 is 19.7 Å². The fourth-order valence-corrected chi connectivity index (χ4v) is 4.39. The lowest BCUT2D eigenvalue weighted by molar-refractivity contribution is 0.187. The number of guanidine groups is 1. The molecular formula is C19H31IN6S. The molecule has 0 saturated carbocycles. The lowest BCUT2D eigenvalue weighted by Crippen LogP contribution is -2.50. The van der Waals surface area contributed by atoms with Crippen LogP contribution in [0.15, 0.2) is 40.5 Å². The number of aromatic nitrogens is 2. The van der Waals surface area contributed by atoms with Crippen molar-refractivity contribution in [1.29, 1.82) is 0 Å². The van der Waals surface area contributed by atoms with E-state index in [4.69, 9.17) is 0 Å². The molecule has 1 fully saturated rings. The monoisotopic (exact) mass is 502 g/mol. The number of likely N-dealkylation sites (tertiary alicyclic amines) is 1. The minimum atomic E-state index is 0. The molecule has 6 nitrogen and oxygen atoms in total. The van der Waals surface area contributed by atoms with Gasteiger partial charge in [0, 0.05) is 39.1 Å². The van der Waals surface area contributed by atoms with Gasteiger partial charge in [-0.25, -0.2) is 4.98 Å². The van der Waals surface area contributed by atoms with Gasteiger partial charge in [-0.1, -0.05) is 6.92 Å². The molecule has 1 aliphatic rings. The highest BCUT2D eigenvalue weighted by atomic mass is 127. The van der Waals surface area contributed by atoms with Crippen LogP contribution in [0.5, 0.6) is 0 Å². The third-order valence-electron chi connectivity index (χ3n) is 5.34. The van der Waals surface area contributed by atoms with Crippen LogP contribution >= 0.6 is 35.3 Å². The number of aliphatic imine (C=N–C) groups is 1. The van der Waals surface area contributed by atoms with Gasteiger partial charge in [0.15, 0.2) is 5.96 Å². The predicted molar refractivity (Wildman–Crippen MR) is 124 cm³/mol. The van der Waals surface area contributed by atoms with Crippen molar-refractivity contribution in [3.8, 4) is 0 Å². The number of thiophene rings is 1. The number of nitrogens with zero attached hydrogens (tertiary/aromatic N) is 5. The number of halogens is 1. The van der Waals surface area contributed by atoms with E-state index in [0.29, 0.717) is 18.0 Å². The number of imidazole rings is 1. The third-order valence-corrected chi connectivity index (χ3v) is 6.04. The van der Waals surface area contributed by atoms with E-state index >= 15 is 0 Å². The highest BCUT2D eigenvalue weighted by Crippen LogP contribution is 2.27. The molecule has 0 amide bonds. The summed E-state index contributed by atoms with van der Waals surface area (Å²) in [6.45, 7) is 5.18. The number of hydrogen-bond acceptors (Lipinski definition) is 4. The zero-order valence-electron chi connectivity index (χ0n) is 16.6. The van der Waals surface area contributed by atoms with E-state index in [2.05, 4.69) is 73.7 Å². The zero-order chi connectivity index (χ0) is 18.5. The lowest BCUT2D eigenvalue weighted by Gasteiger charge is -2.39. The molecule has 1 aliphatic heterocycles. The van der Waals surface area contributed by atoms with Crippen molar-refractivity contribution < 1.29 is 0 Å². The van der Waals surface area contributed by atoms with Gasteiger partial charge in [0.1, 0.15) is 0 Å². The summed E-state index contributed by atoms with van der Waals surface area (Å²) in [4.78, 5) is 13.4. The molecule has 0 aliphatic carbocycles. The third kappa shape index (κ3) is 5.45. The number of likely N-dealkylation sites (N-methyl/N-ethyl adjacent to an activating group) is 1. The van der Waals surface area contributed by atoms with Gasteiger partial charge in [0.25, 0.3) is 0 Å². The van der Waals surface area contributed by atoms with Crippen molar-refractivity contribution in [2.45, 2.75) is 25.4 Å². The molecule has 0 aromatic carbocycles. The van der Waals surface area contributed by atoms with Gasteiger partial charge in [0.05, 0.1) is 18.4 Å². The molecule has 27 heavy (non-hydrogen) atoms. The van der Waals surface area contributed by atoms with Gasteiger partial charge in [-0.15, -0.1) is 24.0 Å². The molecule has 1 N–H and O–H groups in total. The maximum Gasteiger partial charge on any atom is 0.193 e. The van der Waals surface area contributed by atoms with Crippen LogP contribution in [-0.4, -0.2) is 66.1 Å². The summed E-state index contributed by atoms with van der Waals surface area (Å²) in [7, 11) is 6.14. The molecule has 3 atom stereocenters. The molecule has 3 heterocycles. The van der Waals surface area contributed by atoms with E-state index in [9.17, 15) is 0 Å². The van der Waals surface area contributed by atoms with Crippen LogP contribution in [0.25, 0.3) is 0 Å². The molecule has 3 rings (SSSR count). The molecule has 0 spiro atoms. The smallest absolute Gasteiger partial charge is 0.193 e. The Hall–Kier alpha value is -1.13. The van der Waals surface area contributed by atoms with Crippen LogP contribution in [0.2, 0.25) is 0 Å². The number of hydrogen-bond donors (Lipinski definition) is 1. The van der Waals surface area contributed by atoms with E-state index < -0.39 is 0 Å². The molecule has 2 aromatic rings. The van der Waals surface area contributed by atoms with Gasteiger partial charge in [-0.3, -0.25) is 4.99 Å². The van der Waals surface area contributed by atoms with Crippen LogP contribution in [0.1, 0.15) is 31.0 Å². The minimum Gasteiger partial charge on any atom is -0.354 e. The Kier molecular flexibility index (Phi) is 8.56. The van der Waals surface area contributed by atoms with Gasteiger partial charge >= 0.3 is 0 Å². The first kappa shape index (κ1) is 22.2. The second-order valence-corrected chi connectivity index (χ2v) is 8.03. The first-order chi connectivity index (χ1) is 12.6. The fourth-order valence-electron chi connectivity index (χ4n) is 3.68. The molecule has 150 valence electrons.